The molecule has 1 aliphatic carbocycles. The number of aryl methyl sites for hydroxylation is 2. The van der Waals surface area contributed by atoms with Crippen LogP contribution in [-0.2, 0) is 17.6 Å². The van der Waals surface area contributed by atoms with Gasteiger partial charge in [0.15, 0.2) is 12.4 Å². The average Bonchev–Trinajstić information content (AvgIpc) is 3.02. The molecule has 0 N–H and O–H groups in total. The first-order valence-corrected chi connectivity index (χ1v) is 9.82. The third kappa shape index (κ3) is 3.27. The van der Waals surface area contributed by atoms with Crippen LogP contribution in [0.15, 0.2) is 42.5 Å². The maximum absolute atomic E-state index is 12.4. The largest absolute Gasteiger partial charge is 0.453 e. The molecular weight excluding hydrogens is 368 g/mol. The Morgan fingerprint density at radius 2 is 1.81 bits per heavy atom. The first-order chi connectivity index (χ1) is 12.6. The molecule has 0 unspecified atom stereocenters. The number of Topliss-reactive ketones (excluding diaryl/α,β-unsaturated/α-hetero) is 1. The van der Waals surface area contributed by atoms with Crippen LogP contribution in [-0.4, -0.2) is 18.4 Å². The van der Waals surface area contributed by atoms with E-state index in [1.54, 1.807) is 0 Å². The third-order valence-corrected chi connectivity index (χ3v) is 6.38. The van der Waals surface area contributed by atoms with Gasteiger partial charge in [-0.2, -0.15) is 0 Å². The molecule has 0 spiro atoms. The molecule has 0 radical (unpaired) electrons. The van der Waals surface area contributed by atoms with Crippen molar-refractivity contribution >= 4 is 44.8 Å². The number of ether oxygens (including phenoxy) is 1. The molecule has 3 aromatic rings. The number of hydrogen-bond acceptors (Lipinski definition) is 4. The van der Waals surface area contributed by atoms with E-state index < -0.39 is 5.97 Å². The standard InChI is InChI=1S/C21H17ClO3S/c22-19-16-7-3-4-8-18(16)26-20(19)21(24)25-12-17(23)15-10-9-13-5-1-2-6-14(13)11-15/h3-4,7-11H,1-2,5-6,12H2. The fourth-order valence-corrected chi connectivity index (χ4v) is 4.73. The zero-order valence-electron chi connectivity index (χ0n) is 14.1. The summed E-state index contributed by atoms with van der Waals surface area (Å²) in [7, 11) is 0. The van der Waals surface area contributed by atoms with Crippen molar-refractivity contribution in [1.82, 2.24) is 0 Å². The van der Waals surface area contributed by atoms with E-state index in [2.05, 4.69) is 0 Å². The van der Waals surface area contributed by atoms with Crippen LogP contribution < -0.4 is 0 Å². The smallest absolute Gasteiger partial charge is 0.350 e. The van der Waals surface area contributed by atoms with Crippen molar-refractivity contribution in [3.8, 4) is 0 Å². The minimum Gasteiger partial charge on any atom is -0.453 e. The average molecular weight is 385 g/mol. The number of carbonyl (C=O) groups is 2. The molecule has 3 nitrogen and oxygen atoms in total. The normalized spacial score (nSPS) is 13.4. The van der Waals surface area contributed by atoms with E-state index >= 15 is 0 Å². The fraction of sp³-hybridized carbons (Fsp3) is 0.238. The molecule has 0 fully saturated rings. The summed E-state index contributed by atoms with van der Waals surface area (Å²) in [5.74, 6) is -0.744. The fourth-order valence-electron chi connectivity index (χ4n) is 3.33. The molecule has 0 bridgehead atoms. The van der Waals surface area contributed by atoms with Gasteiger partial charge >= 0.3 is 5.97 Å². The number of hydrogen-bond donors (Lipinski definition) is 0. The third-order valence-electron chi connectivity index (χ3n) is 4.73. The number of benzene rings is 2. The molecule has 2 aromatic carbocycles. The van der Waals surface area contributed by atoms with Crippen molar-refractivity contribution in [2.24, 2.45) is 0 Å². The van der Waals surface area contributed by atoms with E-state index in [4.69, 9.17) is 16.3 Å². The van der Waals surface area contributed by atoms with Crippen molar-refractivity contribution in [1.29, 1.82) is 0 Å². The number of rotatable bonds is 4. The molecule has 0 amide bonds. The number of ketones is 1. The van der Waals surface area contributed by atoms with Gasteiger partial charge in [-0.1, -0.05) is 41.9 Å². The van der Waals surface area contributed by atoms with Gasteiger partial charge in [-0.25, -0.2) is 4.79 Å². The zero-order chi connectivity index (χ0) is 18.1. The summed E-state index contributed by atoms with van der Waals surface area (Å²) in [6.45, 7) is -0.276. The lowest BCUT2D eigenvalue weighted by molar-refractivity contribution is 0.0480. The van der Waals surface area contributed by atoms with Crippen LogP contribution in [0.2, 0.25) is 5.02 Å². The van der Waals surface area contributed by atoms with Crippen molar-refractivity contribution < 1.29 is 14.3 Å². The molecule has 1 aromatic heterocycles. The minimum absolute atomic E-state index is 0.191. The van der Waals surface area contributed by atoms with Gasteiger partial charge in [0.05, 0.1) is 5.02 Å². The number of halogens is 1. The van der Waals surface area contributed by atoms with Crippen LogP contribution in [0.1, 0.15) is 44.0 Å². The van der Waals surface area contributed by atoms with Crippen LogP contribution in [0.25, 0.3) is 10.1 Å². The first-order valence-electron chi connectivity index (χ1n) is 8.62. The highest BCUT2D eigenvalue weighted by atomic mass is 35.5. The summed E-state index contributed by atoms with van der Waals surface area (Å²) >= 11 is 7.57. The number of esters is 1. The molecular formula is C21H17ClO3S. The molecule has 0 saturated heterocycles. The Balaban J connectivity index is 1.47. The van der Waals surface area contributed by atoms with E-state index in [1.807, 2.05) is 42.5 Å². The topological polar surface area (TPSA) is 43.4 Å². The molecule has 0 aliphatic heterocycles. The van der Waals surface area contributed by atoms with E-state index in [1.165, 1.54) is 28.9 Å². The minimum atomic E-state index is -0.553. The van der Waals surface area contributed by atoms with Gasteiger partial charge in [-0.15, -0.1) is 11.3 Å². The number of thiophene rings is 1. The molecule has 1 heterocycles. The summed E-state index contributed by atoms with van der Waals surface area (Å²) < 4.78 is 6.16. The first kappa shape index (κ1) is 17.3. The van der Waals surface area contributed by atoms with Crippen LogP contribution in [0.5, 0.6) is 0 Å². The van der Waals surface area contributed by atoms with Crippen LogP contribution in [0.3, 0.4) is 0 Å². The predicted octanol–water partition coefficient (Wildman–Crippen LogP) is 5.47. The molecule has 132 valence electrons. The summed E-state index contributed by atoms with van der Waals surface area (Å²) in [6.07, 6.45) is 4.44. The van der Waals surface area contributed by atoms with E-state index in [0.29, 0.717) is 15.5 Å². The Hall–Kier alpha value is -2.17. The lowest BCUT2D eigenvalue weighted by Crippen LogP contribution is -2.14. The highest BCUT2D eigenvalue weighted by molar-refractivity contribution is 7.21. The Kier molecular flexibility index (Phi) is 4.79. The molecule has 26 heavy (non-hydrogen) atoms. The van der Waals surface area contributed by atoms with Gasteiger partial charge in [0.25, 0.3) is 0 Å². The quantitative estimate of drug-likeness (QED) is 0.442. The maximum Gasteiger partial charge on any atom is 0.350 e. The highest BCUT2D eigenvalue weighted by Crippen LogP contribution is 2.35. The van der Waals surface area contributed by atoms with Gasteiger partial charge in [-0.05, 0) is 48.9 Å². The van der Waals surface area contributed by atoms with Crippen molar-refractivity contribution in [3.63, 3.8) is 0 Å². The second kappa shape index (κ2) is 7.22. The van der Waals surface area contributed by atoms with Gasteiger partial charge in [-0.3, -0.25) is 4.79 Å². The monoisotopic (exact) mass is 384 g/mol. The van der Waals surface area contributed by atoms with Crippen LogP contribution in [0, 0.1) is 0 Å². The van der Waals surface area contributed by atoms with E-state index in [0.717, 1.165) is 29.3 Å². The Labute approximate surface area is 160 Å². The summed E-state index contributed by atoms with van der Waals surface area (Å²) in [6, 6.07) is 13.3. The molecule has 1 aliphatic rings. The van der Waals surface area contributed by atoms with Gasteiger partial charge < -0.3 is 4.74 Å². The molecule has 5 heteroatoms. The lowest BCUT2D eigenvalue weighted by Gasteiger charge is -2.16. The Morgan fingerprint density at radius 1 is 1.04 bits per heavy atom. The molecule has 0 atom stereocenters. The van der Waals surface area contributed by atoms with Gasteiger partial charge in [0, 0.05) is 15.6 Å². The van der Waals surface area contributed by atoms with E-state index in [9.17, 15) is 9.59 Å². The second-order valence-electron chi connectivity index (χ2n) is 6.43. The Bertz CT molecular complexity index is 1010. The van der Waals surface area contributed by atoms with Crippen molar-refractivity contribution in [3.05, 3.63) is 69.1 Å². The number of fused-ring (bicyclic) bond motifs is 2. The Morgan fingerprint density at radius 3 is 2.62 bits per heavy atom. The SMILES string of the molecule is O=C(COC(=O)c1sc2ccccc2c1Cl)c1ccc2c(c1)CCCC2. The summed E-state index contributed by atoms with van der Waals surface area (Å²) in [5, 5.41) is 1.21. The van der Waals surface area contributed by atoms with Gasteiger partial charge in [0.1, 0.15) is 4.88 Å². The van der Waals surface area contributed by atoms with E-state index in [-0.39, 0.29) is 12.4 Å². The second-order valence-corrected chi connectivity index (χ2v) is 7.86. The highest BCUT2D eigenvalue weighted by Gasteiger charge is 2.20. The van der Waals surface area contributed by atoms with Crippen LogP contribution >= 0.6 is 22.9 Å². The summed E-state index contributed by atoms with van der Waals surface area (Å²) in [5.41, 5.74) is 3.16. The number of carbonyl (C=O) groups excluding carboxylic acids is 2. The molecule has 4 rings (SSSR count). The van der Waals surface area contributed by atoms with Crippen molar-refractivity contribution in [2.75, 3.05) is 6.61 Å². The maximum atomic E-state index is 12.4. The summed E-state index contributed by atoms with van der Waals surface area (Å²) in [4.78, 5) is 25.1. The van der Waals surface area contributed by atoms with Gasteiger partial charge in [0.2, 0.25) is 0 Å². The lowest BCUT2D eigenvalue weighted by atomic mass is 9.90. The molecule has 0 saturated carbocycles. The van der Waals surface area contributed by atoms with Crippen molar-refractivity contribution in [2.45, 2.75) is 25.7 Å². The zero-order valence-corrected chi connectivity index (χ0v) is 15.7. The van der Waals surface area contributed by atoms with Crippen LogP contribution in [0.4, 0.5) is 0 Å². The predicted molar refractivity (Wildman–Crippen MR) is 105 cm³/mol.